The van der Waals surface area contributed by atoms with Gasteiger partial charge in [0.2, 0.25) is 0 Å². The topological polar surface area (TPSA) is 64.4 Å². The summed E-state index contributed by atoms with van der Waals surface area (Å²) in [5.74, 6) is 0.306. The Kier molecular flexibility index (Phi) is 3.56. The molecule has 1 unspecified atom stereocenters. The van der Waals surface area contributed by atoms with Crippen molar-refractivity contribution in [2.24, 2.45) is 5.92 Å². The third-order valence-electron chi connectivity index (χ3n) is 3.74. The zero-order valence-corrected chi connectivity index (χ0v) is 11.3. The van der Waals surface area contributed by atoms with Crippen LogP contribution >= 0.6 is 0 Å². The number of ether oxygens (including phenoxy) is 1. The molecule has 2 aromatic rings. The first-order valence-corrected chi connectivity index (χ1v) is 6.88. The number of nitrogens with one attached hydrogen (secondary N) is 1. The molecule has 0 saturated carbocycles. The molecule has 0 aromatic heterocycles. The van der Waals surface area contributed by atoms with Gasteiger partial charge in [-0.25, -0.2) is 0 Å². The van der Waals surface area contributed by atoms with Crippen LogP contribution in [0.1, 0.15) is 16.8 Å². The number of carbonyl (C=O) groups excluding carboxylic acids is 1. The summed E-state index contributed by atoms with van der Waals surface area (Å²) in [5.41, 5.74) is 7.05. The number of fused-ring (bicyclic) bond motifs is 1. The second-order valence-corrected chi connectivity index (χ2v) is 5.23. The number of rotatable bonds is 3. The summed E-state index contributed by atoms with van der Waals surface area (Å²) < 4.78 is 5.30. The molecule has 3 N–H and O–H groups in total. The van der Waals surface area contributed by atoms with E-state index in [4.69, 9.17) is 10.5 Å². The fourth-order valence-corrected chi connectivity index (χ4v) is 2.53. The lowest BCUT2D eigenvalue weighted by molar-refractivity contribution is 0.0946. The molecule has 0 spiro atoms. The quantitative estimate of drug-likeness (QED) is 0.840. The first-order chi connectivity index (χ1) is 9.74. The van der Waals surface area contributed by atoms with Crippen molar-refractivity contribution < 1.29 is 9.53 Å². The second kappa shape index (κ2) is 5.51. The Balaban J connectivity index is 1.77. The fourth-order valence-electron chi connectivity index (χ4n) is 2.53. The van der Waals surface area contributed by atoms with Gasteiger partial charge in [0.25, 0.3) is 5.91 Å². The van der Waals surface area contributed by atoms with Gasteiger partial charge in [-0.3, -0.25) is 4.79 Å². The average Bonchev–Trinajstić information content (AvgIpc) is 2.97. The Labute approximate surface area is 117 Å². The first kappa shape index (κ1) is 12.9. The Morgan fingerprint density at radius 1 is 1.30 bits per heavy atom. The minimum atomic E-state index is -0.111. The predicted octanol–water partition coefficient (Wildman–Crippen LogP) is 2.19. The highest BCUT2D eigenvalue weighted by Crippen LogP contribution is 2.22. The highest BCUT2D eigenvalue weighted by molar-refractivity contribution is 6.03. The summed E-state index contributed by atoms with van der Waals surface area (Å²) in [6.45, 7) is 2.16. The highest BCUT2D eigenvalue weighted by Gasteiger charge is 2.17. The smallest absolute Gasteiger partial charge is 0.253 e. The molecule has 1 saturated heterocycles. The molecule has 104 valence electrons. The molecule has 1 aliphatic heterocycles. The molecule has 1 fully saturated rings. The van der Waals surface area contributed by atoms with E-state index in [9.17, 15) is 4.79 Å². The Morgan fingerprint density at radius 3 is 2.75 bits per heavy atom. The van der Waals surface area contributed by atoms with Gasteiger partial charge in [-0.1, -0.05) is 24.3 Å². The molecule has 0 bridgehead atoms. The van der Waals surface area contributed by atoms with Gasteiger partial charge in [-0.2, -0.15) is 0 Å². The van der Waals surface area contributed by atoms with Crippen molar-refractivity contribution in [1.82, 2.24) is 5.32 Å². The maximum Gasteiger partial charge on any atom is 0.253 e. The molecule has 0 radical (unpaired) electrons. The summed E-state index contributed by atoms with van der Waals surface area (Å²) in [7, 11) is 0. The van der Waals surface area contributed by atoms with Crippen LogP contribution in [0.3, 0.4) is 0 Å². The first-order valence-electron chi connectivity index (χ1n) is 6.88. The number of hydrogen-bond acceptors (Lipinski definition) is 3. The summed E-state index contributed by atoms with van der Waals surface area (Å²) >= 11 is 0. The van der Waals surface area contributed by atoms with Crippen LogP contribution in [0.4, 0.5) is 5.69 Å². The molecule has 4 nitrogen and oxygen atoms in total. The van der Waals surface area contributed by atoms with Crippen LogP contribution in [-0.4, -0.2) is 25.7 Å². The number of carbonyl (C=O) groups is 1. The van der Waals surface area contributed by atoms with Crippen LogP contribution in [0.2, 0.25) is 0 Å². The van der Waals surface area contributed by atoms with E-state index >= 15 is 0 Å². The van der Waals surface area contributed by atoms with Crippen molar-refractivity contribution >= 4 is 22.4 Å². The van der Waals surface area contributed by atoms with Crippen LogP contribution < -0.4 is 11.1 Å². The van der Waals surface area contributed by atoms with Crippen LogP contribution in [-0.2, 0) is 4.74 Å². The van der Waals surface area contributed by atoms with Crippen LogP contribution in [0.25, 0.3) is 10.8 Å². The Hall–Kier alpha value is -2.07. The number of amides is 1. The molecule has 1 atom stereocenters. The van der Waals surface area contributed by atoms with Crippen molar-refractivity contribution in [3.05, 3.63) is 42.0 Å². The molecule has 4 heteroatoms. The van der Waals surface area contributed by atoms with Crippen molar-refractivity contribution in [2.45, 2.75) is 6.42 Å². The zero-order chi connectivity index (χ0) is 13.9. The maximum absolute atomic E-state index is 12.2. The molecule has 1 amide bonds. The van der Waals surface area contributed by atoms with Crippen LogP contribution in [0, 0.1) is 5.92 Å². The normalized spacial score (nSPS) is 18.3. The lowest BCUT2D eigenvalue weighted by Gasteiger charge is -2.11. The van der Waals surface area contributed by atoms with E-state index in [-0.39, 0.29) is 5.91 Å². The largest absolute Gasteiger partial charge is 0.398 e. The van der Waals surface area contributed by atoms with Gasteiger partial charge < -0.3 is 15.8 Å². The number of benzene rings is 2. The number of anilines is 1. The van der Waals surface area contributed by atoms with Crippen molar-refractivity contribution in [1.29, 1.82) is 0 Å². The predicted molar refractivity (Wildman–Crippen MR) is 79.6 cm³/mol. The third kappa shape index (κ3) is 2.60. The van der Waals surface area contributed by atoms with Crippen LogP contribution in [0.5, 0.6) is 0 Å². The third-order valence-corrected chi connectivity index (χ3v) is 3.74. The van der Waals surface area contributed by atoms with Crippen molar-refractivity contribution in [3.8, 4) is 0 Å². The molecule has 2 aromatic carbocycles. The Morgan fingerprint density at radius 2 is 2.05 bits per heavy atom. The average molecular weight is 270 g/mol. The standard InChI is InChI=1S/C16H18N2O2/c17-15-8-13-4-2-1-3-12(13)7-14(15)16(19)18-9-11-5-6-20-10-11/h1-4,7-8,11H,5-6,9-10,17H2,(H,18,19). The molecule has 3 rings (SSSR count). The number of hydrogen-bond donors (Lipinski definition) is 2. The molecule has 1 aliphatic rings. The fraction of sp³-hybridized carbons (Fsp3) is 0.312. The van der Waals surface area contributed by atoms with E-state index in [0.29, 0.717) is 23.7 Å². The van der Waals surface area contributed by atoms with Gasteiger partial charge in [0.1, 0.15) is 0 Å². The Bertz CT molecular complexity index is 633. The van der Waals surface area contributed by atoms with E-state index < -0.39 is 0 Å². The van der Waals surface area contributed by atoms with E-state index in [1.807, 2.05) is 36.4 Å². The molecule has 1 heterocycles. The van der Waals surface area contributed by atoms with Gasteiger partial charge in [0, 0.05) is 24.8 Å². The number of nitrogens with two attached hydrogens (primary N) is 1. The van der Waals surface area contributed by atoms with Crippen molar-refractivity contribution in [2.75, 3.05) is 25.5 Å². The highest BCUT2D eigenvalue weighted by atomic mass is 16.5. The SMILES string of the molecule is Nc1cc2ccccc2cc1C(=O)NCC1CCOC1. The van der Waals surface area contributed by atoms with Crippen molar-refractivity contribution in [3.63, 3.8) is 0 Å². The number of nitrogen functional groups attached to an aromatic ring is 1. The zero-order valence-electron chi connectivity index (χ0n) is 11.3. The van der Waals surface area contributed by atoms with E-state index in [1.54, 1.807) is 0 Å². The van der Waals surface area contributed by atoms with E-state index in [1.165, 1.54) is 0 Å². The minimum Gasteiger partial charge on any atom is -0.398 e. The minimum absolute atomic E-state index is 0.111. The van der Waals surface area contributed by atoms with Gasteiger partial charge in [0.05, 0.1) is 12.2 Å². The lowest BCUT2D eigenvalue weighted by Crippen LogP contribution is -2.30. The van der Waals surface area contributed by atoms with Gasteiger partial charge in [0.15, 0.2) is 0 Å². The van der Waals surface area contributed by atoms with Gasteiger partial charge >= 0.3 is 0 Å². The van der Waals surface area contributed by atoms with Gasteiger partial charge in [-0.05, 0) is 29.3 Å². The molecular formula is C16H18N2O2. The summed E-state index contributed by atoms with van der Waals surface area (Å²) in [6.07, 6.45) is 1.01. The van der Waals surface area contributed by atoms with E-state index in [2.05, 4.69) is 5.32 Å². The van der Waals surface area contributed by atoms with Gasteiger partial charge in [-0.15, -0.1) is 0 Å². The maximum atomic E-state index is 12.2. The second-order valence-electron chi connectivity index (χ2n) is 5.23. The molecule has 0 aliphatic carbocycles. The lowest BCUT2D eigenvalue weighted by atomic mass is 10.0. The molecular weight excluding hydrogens is 252 g/mol. The summed E-state index contributed by atoms with van der Waals surface area (Å²) in [4.78, 5) is 12.2. The summed E-state index contributed by atoms with van der Waals surface area (Å²) in [6, 6.07) is 11.6. The van der Waals surface area contributed by atoms with Crippen LogP contribution in [0.15, 0.2) is 36.4 Å². The summed E-state index contributed by atoms with van der Waals surface area (Å²) in [5, 5.41) is 5.02. The molecule has 20 heavy (non-hydrogen) atoms. The van der Waals surface area contributed by atoms with E-state index in [0.717, 1.165) is 30.4 Å². The monoisotopic (exact) mass is 270 g/mol.